The summed E-state index contributed by atoms with van der Waals surface area (Å²) in [7, 11) is 0. The van der Waals surface area contributed by atoms with Crippen molar-refractivity contribution in [2.75, 3.05) is 25.6 Å². The smallest absolute Gasteiger partial charge is 0.138 e. The Balaban J connectivity index is 2.54. The molecule has 0 atom stereocenters. The van der Waals surface area contributed by atoms with Crippen LogP contribution in [0.25, 0.3) is 0 Å². The van der Waals surface area contributed by atoms with Crippen LogP contribution in [0.2, 0.25) is 0 Å². The number of nitrogens with zero attached hydrogens (tertiary/aromatic N) is 1. The minimum absolute atomic E-state index is 0.474. The summed E-state index contributed by atoms with van der Waals surface area (Å²) in [5.41, 5.74) is 0.623. The van der Waals surface area contributed by atoms with E-state index in [9.17, 15) is 5.26 Å². The minimum Gasteiger partial charge on any atom is -0.490 e. The van der Waals surface area contributed by atoms with Crippen LogP contribution in [0.3, 0.4) is 0 Å². The van der Waals surface area contributed by atoms with Crippen molar-refractivity contribution in [1.29, 1.82) is 5.26 Å². The van der Waals surface area contributed by atoms with E-state index in [1.165, 1.54) is 0 Å². The van der Waals surface area contributed by atoms with Crippen molar-refractivity contribution >= 4 is 11.8 Å². The molecule has 19 heavy (non-hydrogen) atoms. The van der Waals surface area contributed by atoms with E-state index in [1.807, 2.05) is 18.2 Å². The Morgan fingerprint density at radius 3 is 2.74 bits per heavy atom. The van der Waals surface area contributed by atoms with Crippen LogP contribution in [0.5, 0.6) is 5.75 Å². The van der Waals surface area contributed by atoms with Crippen LogP contribution in [0, 0.1) is 17.2 Å². The molecule has 0 bridgehead atoms. The topological polar surface area (TPSA) is 42.2 Å². The molecule has 1 rings (SSSR count). The zero-order valence-electron chi connectivity index (χ0n) is 11.8. The van der Waals surface area contributed by atoms with Crippen molar-refractivity contribution in [3.63, 3.8) is 0 Å². The fourth-order valence-corrected chi connectivity index (χ4v) is 2.32. The first-order valence-electron chi connectivity index (χ1n) is 6.55. The molecule has 0 radical (unpaired) electrons. The van der Waals surface area contributed by atoms with Gasteiger partial charge in [0.15, 0.2) is 0 Å². The predicted octanol–water partition coefficient (Wildman–Crippen LogP) is 3.72. The molecule has 0 aliphatic carbocycles. The molecule has 0 aliphatic heterocycles. The highest BCUT2D eigenvalue weighted by molar-refractivity contribution is 7.99. The maximum atomic E-state index is 9.23. The molecule has 3 nitrogen and oxygen atoms in total. The predicted molar refractivity (Wildman–Crippen MR) is 78.7 cm³/mol. The summed E-state index contributed by atoms with van der Waals surface area (Å²) in [6, 6.07) is 7.93. The summed E-state index contributed by atoms with van der Waals surface area (Å²) in [5.74, 6) is 2.11. The van der Waals surface area contributed by atoms with Gasteiger partial charge in [0, 0.05) is 11.5 Å². The lowest BCUT2D eigenvalue weighted by Crippen LogP contribution is -2.10. The number of ether oxygens (including phenoxy) is 2. The van der Waals surface area contributed by atoms with E-state index < -0.39 is 0 Å². The molecular weight excluding hydrogens is 258 g/mol. The molecule has 0 saturated heterocycles. The lowest BCUT2D eigenvalue weighted by molar-refractivity contribution is 0.0817. The second-order valence-corrected chi connectivity index (χ2v) is 5.80. The number of hydrogen-bond acceptors (Lipinski definition) is 4. The van der Waals surface area contributed by atoms with Crippen LogP contribution in [-0.2, 0) is 4.74 Å². The molecule has 0 spiro atoms. The van der Waals surface area contributed by atoms with E-state index in [0.29, 0.717) is 30.4 Å². The van der Waals surface area contributed by atoms with Crippen LogP contribution in [0.4, 0.5) is 0 Å². The largest absolute Gasteiger partial charge is 0.490 e. The average molecular weight is 279 g/mol. The first-order chi connectivity index (χ1) is 9.19. The lowest BCUT2D eigenvalue weighted by atomic mass is 10.2. The van der Waals surface area contributed by atoms with E-state index in [-0.39, 0.29) is 0 Å². The Morgan fingerprint density at radius 2 is 2.11 bits per heavy atom. The van der Waals surface area contributed by atoms with Crippen molar-refractivity contribution in [1.82, 2.24) is 0 Å². The molecule has 0 N–H and O–H groups in total. The van der Waals surface area contributed by atoms with Crippen molar-refractivity contribution in [2.45, 2.75) is 25.7 Å². The maximum absolute atomic E-state index is 9.23. The first-order valence-corrected chi connectivity index (χ1v) is 7.54. The van der Waals surface area contributed by atoms with Gasteiger partial charge in [-0.25, -0.2) is 0 Å². The summed E-state index contributed by atoms with van der Waals surface area (Å²) in [4.78, 5) is 0.977. The Hall–Kier alpha value is -1.18. The van der Waals surface area contributed by atoms with E-state index in [4.69, 9.17) is 9.47 Å². The van der Waals surface area contributed by atoms with E-state index in [0.717, 1.165) is 17.3 Å². The zero-order valence-corrected chi connectivity index (χ0v) is 12.6. The summed E-state index contributed by atoms with van der Waals surface area (Å²) >= 11 is 1.65. The normalized spacial score (nSPS) is 10.5. The summed E-state index contributed by atoms with van der Waals surface area (Å²) in [5, 5.41) is 9.23. The van der Waals surface area contributed by atoms with Gasteiger partial charge in [0.2, 0.25) is 0 Å². The van der Waals surface area contributed by atoms with Gasteiger partial charge in [-0.15, -0.1) is 11.8 Å². The van der Waals surface area contributed by atoms with Crippen LogP contribution >= 0.6 is 11.8 Å². The second-order valence-electron chi connectivity index (χ2n) is 4.49. The van der Waals surface area contributed by atoms with Crippen LogP contribution in [0.15, 0.2) is 23.1 Å². The third-order valence-corrected chi connectivity index (χ3v) is 3.28. The van der Waals surface area contributed by atoms with E-state index in [1.54, 1.807) is 11.8 Å². The average Bonchev–Trinajstić information content (AvgIpc) is 2.38. The Bertz CT molecular complexity index is 427. The summed E-state index contributed by atoms with van der Waals surface area (Å²) in [6.45, 7) is 8.05. The Labute approximate surface area is 119 Å². The maximum Gasteiger partial charge on any atom is 0.138 e. The molecule has 0 fully saturated rings. The molecule has 0 aliphatic rings. The van der Waals surface area contributed by atoms with Crippen LogP contribution in [0.1, 0.15) is 26.3 Å². The van der Waals surface area contributed by atoms with Crippen molar-refractivity contribution in [2.24, 2.45) is 5.92 Å². The minimum atomic E-state index is 0.474. The Kier molecular flexibility index (Phi) is 7.39. The molecule has 1 aromatic rings. The lowest BCUT2D eigenvalue weighted by Gasteiger charge is -2.11. The van der Waals surface area contributed by atoms with Gasteiger partial charge >= 0.3 is 0 Å². The fraction of sp³-hybridized carbons (Fsp3) is 0.533. The highest BCUT2D eigenvalue weighted by Crippen LogP contribution is 2.29. The van der Waals surface area contributed by atoms with Gasteiger partial charge in [0.05, 0.1) is 6.61 Å². The van der Waals surface area contributed by atoms with Gasteiger partial charge in [-0.3, -0.25) is 0 Å². The van der Waals surface area contributed by atoms with E-state index >= 15 is 0 Å². The molecule has 0 unspecified atom stereocenters. The van der Waals surface area contributed by atoms with Crippen molar-refractivity contribution < 1.29 is 9.47 Å². The third-order valence-electron chi connectivity index (χ3n) is 2.34. The highest BCUT2D eigenvalue weighted by Gasteiger charge is 2.08. The number of rotatable bonds is 8. The van der Waals surface area contributed by atoms with Crippen LogP contribution in [-0.4, -0.2) is 25.6 Å². The fourth-order valence-electron chi connectivity index (χ4n) is 1.55. The standard InChI is InChI=1S/C15H21NO2S/c1-4-19-15-7-5-6-14(13(15)10-16)18-9-8-17-11-12(2)3/h5-7,12H,4,8-9,11H2,1-3H3. The SMILES string of the molecule is CCSc1cccc(OCCOCC(C)C)c1C#N. The zero-order chi connectivity index (χ0) is 14.1. The second kappa shape index (κ2) is 8.84. The van der Waals surface area contributed by atoms with Gasteiger partial charge < -0.3 is 9.47 Å². The molecular formula is C15H21NO2S. The van der Waals surface area contributed by atoms with Gasteiger partial charge in [-0.1, -0.05) is 26.8 Å². The van der Waals surface area contributed by atoms with Gasteiger partial charge in [0.1, 0.15) is 24.0 Å². The molecule has 0 amide bonds. The molecule has 104 valence electrons. The van der Waals surface area contributed by atoms with Gasteiger partial charge in [0.25, 0.3) is 0 Å². The highest BCUT2D eigenvalue weighted by atomic mass is 32.2. The monoisotopic (exact) mass is 279 g/mol. The molecule has 0 heterocycles. The number of thioether (sulfide) groups is 1. The molecule has 4 heteroatoms. The van der Waals surface area contributed by atoms with Crippen LogP contribution < -0.4 is 4.74 Å². The first kappa shape index (κ1) is 15.9. The Morgan fingerprint density at radius 1 is 1.32 bits per heavy atom. The molecule has 1 aromatic carbocycles. The van der Waals surface area contributed by atoms with Crippen molar-refractivity contribution in [3.05, 3.63) is 23.8 Å². The van der Waals surface area contributed by atoms with Crippen molar-refractivity contribution in [3.8, 4) is 11.8 Å². The third kappa shape index (κ3) is 5.54. The van der Waals surface area contributed by atoms with Gasteiger partial charge in [-0.2, -0.15) is 5.26 Å². The number of nitriles is 1. The van der Waals surface area contributed by atoms with Gasteiger partial charge in [-0.05, 0) is 23.8 Å². The number of benzene rings is 1. The summed E-state index contributed by atoms with van der Waals surface area (Å²) in [6.07, 6.45) is 0. The summed E-state index contributed by atoms with van der Waals surface area (Å²) < 4.78 is 11.1. The molecule has 0 aromatic heterocycles. The van der Waals surface area contributed by atoms with E-state index in [2.05, 4.69) is 26.8 Å². The quantitative estimate of drug-likeness (QED) is 0.537. The number of hydrogen-bond donors (Lipinski definition) is 0. The molecule has 0 saturated carbocycles.